The minimum Gasteiger partial charge on any atom is -0.379 e. The molecule has 0 unspecified atom stereocenters. The van der Waals surface area contributed by atoms with Crippen LogP contribution in [0.15, 0.2) is 29.3 Å². The fourth-order valence-electron chi connectivity index (χ4n) is 4.09. The van der Waals surface area contributed by atoms with E-state index >= 15 is 0 Å². The molecule has 8 heteroatoms. The van der Waals surface area contributed by atoms with Gasteiger partial charge in [-0.25, -0.2) is 9.97 Å². The molecule has 2 aromatic rings. The number of morpholine rings is 1. The van der Waals surface area contributed by atoms with E-state index in [1.165, 1.54) is 11.8 Å². The minimum absolute atomic E-state index is 0.110. The summed E-state index contributed by atoms with van der Waals surface area (Å²) in [5.41, 5.74) is 0.185. The highest BCUT2D eigenvalue weighted by molar-refractivity contribution is 8.00. The standard InChI is InChI=1S/C22H27N5O2S/c23-16-22(8-4-1-5-9-22)26-20(28)15-30-21-17-6-2-3-7-18(17)24-19(25-21)14-27-10-12-29-13-11-27/h2-3,6-7H,1,4-5,8-15H2,(H,26,28). The predicted octanol–water partition coefficient (Wildman–Crippen LogP) is 2.90. The van der Waals surface area contributed by atoms with Crippen LogP contribution in [0.25, 0.3) is 10.9 Å². The summed E-state index contributed by atoms with van der Waals surface area (Å²) < 4.78 is 5.42. The van der Waals surface area contributed by atoms with Crippen molar-refractivity contribution in [3.8, 4) is 6.07 Å². The Balaban J connectivity index is 1.47. The van der Waals surface area contributed by atoms with Crippen LogP contribution < -0.4 is 5.32 Å². The summed E-state index contributed by atoms with van der Waals surface area (Å²) in [5, 5.41) is 14.4. The zero-order chi connectivity index (χ0) is 20.8. The molecule has 1 aromatic heterocycles. The number of hydrogen-bond acceptors (Lipinski definition) is 7. The Morgan fingerprint density at radius 3 is 2.73 bits per heavy atom. The van der Waals surface area contributed by atoms with Crippen molar-refractivity contribution in [2.45, 2.75) is 49.2 Å². The van der Waals surface area contributed by atoms with Crippen LogP contribution in [0, 0.1) is 11.3 Å². The van der Waals surface area contributed by atoms with E-state index in [4.69, 9.17) is 14.7 Å². The van der Waals surface area contributed by atoms with E-state index in [2.05, 4.69) is 16.3 Å². The highest BCUT2D eigenvalue weighted by Crippen LogP contribution is 2.29. The summed E-state index contributed by atoms with van der Waals surface area (Å²) in [5.74, 6) is 0.890. The normalized spacial score (nSPS) is 19.3. The van der Waals surface area contributed by atoms with Crippen molar-refractivity contribution in [3.05, 3.63) is 30.1 Å². The molecule has 0 atom stereocenters. The Morgan fingerprint density at radius 1 is 1.20 bits per heavy atom. The van der Waals surface area contributed by atoms with Crippen LogP contribution in [-0.4, -0.2) is 58.4 Å². The van der Waals surface area contributed by atoms with E-state index in [0.717, 1.165) is 80.2 Å². The lowest BCUT2D eigenvalue weighted by molar-refractivity contribution is -0.120. The molecular weight excluding hydrogens is 398 g/mol. The first kappa shape index (κ1) is 21.0. The molecule has 7 nitrogen and oxygen atoms in total. The van der Waals surface area contributed by atoms with Crippen molar-refractivity contribution in [3.63, 3.8) is 0 Å². The summed E-state index contributed by atoms with van der Waals surface area (Å²) in [6.45, 7) is 3.88. The Hall–Kier alpha value is -2.21. The number of thioether (sulfide) groups is 1. The van der Waals surface area contributed by atoms with Gasteiger partial charge < -0.3 is 10.1 Å². The van der Waals surface area contributed by atoms with Crippen LogP contribution in [0.4, 0.5) is 0 Å². The van der Waals surface area contributed by atoms with Gasteiger partial charge in [-0.05, 0) is 18.9 Å². The maximum Gasteiger partial charge on any atom is 0.231 e. The lowest BCUT2D eigenvalue weighted by Crippen LogP contribution is -2.49. The van der Waals surface area contributed by atoms with Crippen LogP contribution in [0.2, 0.25) is 0 Å². The molecule has 1 amide bonds. The number of amides is 1. The second kappa shape index (κ2) is 9.73. The number of nitrogens with one attached hydrogen (secondary N) is 1. The fourth-order valence-corrected chi connectivity index (χ4v) is 4.93. The molecule has 4 rings (SSSR count). The topological polar surface area (TPSA) is 91.1 Å². The summed E-state index contributed by atoms with van der Waals surface area (Å²) in [7, 11) is 0. The highest BCUT2D eigenvalue weighted by Gasteiger charge is 2.33. The van der Waals surface area contributed by atoms with E-state index < -0.39 is 5.54 Å². The van der Waals surface area contributed by atoms with Crippen molar-refractivity contribution < 1.29 is 9.53 Å². The molecule has 1 saturated heterocycles. The number of carbonyl (C=O) groups is 1. The van der Waals surface area contributed by atoms with E-state index in [1.54, 1.807) is 0 Å². The number of benzene rings is 1. The molecular formula is C22H27N5O2S. The van der Waals surface area contributed by atoms with Gasteiger partial charge in [0.05, 0.1) is 37.1 Å². The van der Waals surface area contributed by atoms with Crippen molar-refractivity contribution in [2.24, 2.45) is 0 Å². The van der Waals surface area contributed by atoms with Gasteiger partial charge >= 0.3 is 0 Å². The van der Waals surface area contributed by atoms with E-state index in [-0.39, 0.29) is 11.7 Å². The fraction of sp³-hybridized carbons (Fsp3) is 0.545. The van der Waals surface area contributed by atoms with E-state index in [1.807, 2.05) is 24.3 Å². The molecule has 30 heavy (non-hydrogen) atoms. The van der Waals surface area contributed by atoms with Crippen LogP contribution in [0.1, 0.15) is 37.9 Å². The van der Waals surface area contributed by atoms with Crippen molar-refractivity contribution in [2.75, 3.05) is 32.1 Å². The molecule has 1 aliphatic heterocycles. The number of hydrogen-bond donors (Lipinski definition) is 1. The smallest absolute Gasteiger partial charge is 0.231 e. The van der Waals surface area contributed by atoms with Gasteiger partial charge in [0.2, 0.25) is 5.91 Å². The first-order valence-corrected chi connectivity index (χ1v) is 11.6. The largest absolute Gasteiger partial charge is 0.379 e. The van der Waals surface area contributed by atoms with Gasteiger partial charge in [-0.3, -0.25) is 9.69 Å². The third-order valence-electron chi connectivity index (χ3n) is 5.72. The Labute approximate surface area is 181 Å². The van der Waals surface area contributed by atoms with Crippen molar-refractivity contribution in [1.29, 1.82) is 5.26 Å². The predicted molar refractivity (Wildman–Crippen MR) is 116 cm³/mol. The number of ether oxygens (including phenoxy) is 1. The minimum atomic E-state index is -0.703. The third-order valence-corrected chi connectivity index (χ3v) is 6.71. The molecule has 1 aliphatic carbocycles. The maximum absolute atomic E-state index is 12.6. The number of rotatable bonds is 6. The Morgan fingerprint density at radius 2 is 1.97 bits per heavy atom. The summed E-state index contributed by atoms with van der Waals surface area (Å²) >= 11 is 1.42. The van der Waals surface area contributed by atoms with Crippen LogP contribution >= 0.6 is 11.8 Å². The molecule has 158 valence electrons. The van der Waals surface area contributed by atoms with Gasteiger partial charge in [-0.1, -0.05) is 49.2 Å². The summed E-state index contributed by atoms with van der Waals surface area (Å²) in [4.78, 5) is 24.4. The van der Waals surface area contributed by atoms with E-state index in [0.29, 0.717) is 6.54 Å². The monoisotopic (exact) mass is 425 g/mol. The van der Waals surface area contributed by atoms with Gasteiger partial charge in [-0.15, -0.1) is 0 Å². The second-order valence-electron chi connectivity index (χ2n) is 7.94. The Kier molecular flexibility index (Phi) is 6.82. The maximum atomic E-state index is 12.6. The Bertz CT molecular complexity index is 933. The molecule has 1 aromatic carbocycles. The zero-order valence-electron chi connectivity index (χ0n) is 17.1. The number of para-hydroxylation sites is 1. The zero-order valence-corrected chi connectivity index (χ0v) is 17.9. The number of nitrogens with zero attached hydrogens (tertiary/aromatic N) is 4. The van der Waals surface area contributed by atoms with Crippen LogP contribution in [-0.2, 0) is 16.1 Å². The van der Waals surface area contributed by atoms with Gasteiger partial charge in [0.15, 0.2) is 0 Å². The molecule has 2 aliphatic rings. The first-order chi connectivity index (χ1) is 14.7. The van der Waals surface area contributed by atoms with Crippen molar-refractivity contribution >= 4 is 28.6 Å². The van der Waals surface area contributed by atoms with Gasteiger partial charge in [0.25, 0.3) is 0 Å². The molecule has 0 spiro atoms. The average Bonchev–Trinajstić information content (AvgIpc) is 2.79. The summed E-state index contributed by atoms with van der Waals surface area (Å²) in [6.07, 6.45) is 4.58. The second-order valence-corrected chi connectivity index (χ2v) is 8.91. The van der Waals surface area contributed by atoms with Crippen molar-refractivity contribution in [1.82, 2.24) is 20.2 Å². The van der Waals surface area contributed by atoms with Gasteiger partial charge in [0.1, 0.15) is 16.4 Å². The molecule has 1 N–H and O–H groups in total. The number of aromatic nitrogens is 2. The summed E-state index contributed by atoms with van der Waals surface area (Å²) in [6, 6.07) is 10.3. The first-order valence-electron chi connectivity index (χ1n) is 10.6. The van der Waals surface area contributed by atoms with Crippen LogP contribution in [0.5, 0.6) is 0 Å². The van der Waals surface area contributed by atoms with Gasteiger partial charge in [-0.2, -0.15) is 5.26 Å². The lowest BCUT2D eigenvalue weighted by atomic mass is 9.83. The highest BCUT2D eigenvalue weighted by atomic mass is 32.2. The molecule has 0 radical (unpaired) electrons. The SMILES string of the molecule is N#CC1(NC(=O)CSc2nc(CN3CCOCC3)nc3ccccc23)CCCCC1. The molecule has 1 saturated carbocycles. The third kappa shape index (κ3) is 5.09. The number of nitriles is 1. The molecule has 0 bridgehead atoms. The quantitative estimate of drug-likeness (QED) is 0.562. The molecule has 2 fully saturated rings. The van der Waals surface area contributed by atoms with Gasteiger partial charge in [0, 0.05) is 18.5 Å². The average molecular weight is 426 g/mol. The molecule has 2 heterocycles. The number of fused-ring (bicyclic) bond motifs is 1. The lowest BCUT2D eigenvalue weighted by Gasteiger charge is -2.31. The number of carbonyl (C=O) groups excluding carboxylic acids is 1. The van der Waals surface area contributed by atoms with E-state index in [9.17, 15) is 10.1 Å². The van der Waals surface area contributed by atoms with Crippen LogP contribution in [0.3, 0.4) is 0 Å².